The lowest BCUT2D eigenvalue weighted by Crippen LogP contribution is -2.30. The van der Waals surface area contributed by atoms with E-state index in [1.807, 2.05) is 0 Å². The van der Waals surface area contributed by atoms with Crippen molar-refractivity contribution in [2.75, 3.05) is 13.2 Å². The zero-order valence-corrected chi connectivity index (χ0v) is 6.38. The van der Waals surface area contributed by atoms with E-state index >= 15 is 0 Å². The van der Waals surface area contributed by atoms with Crippen molar-refractivity contribution in [1.29, 1.82) is 0 Å². The highest BCUT2D eigenvalue weighted by atomic mass is 16.6. The molecule has 0 unspecified atom stereocenters. The van der Waals surface area contributed by atoms with E-state index in [2.05, 4.69) is 6.92 Å². The minimum absolute atomic E-state index is 0.142. The van der Waals surface area contributed by atoms with Gasteiger partial charge in [0.1, 0.15) is 0 Å². The fourth-order valence-corrected chi connectivity index (χ4v) is 1.48. The first-order chi connectivity index (χ1) is 4.88. The lowest BCUT2D eigenvalue weighted by molar-refractivity contribution is 0.132. The molecule has 2 aliphatic rings. The lowest BCUT2D eigenvalue weighted by Gasteiger charge is -2.19. The average molecular weight is 140 g/mol. The Labute approximate surface area is 62.0 Å². The topological polar surface area (TPSA) is 18.5 Å². The fourth-order valence-electron chi connectivity index (χ4n) is 1.48. The molecule has 2 atom stereocenters. The Bertz CT molecular complexity index is 123. The van der Waals surface area contributed by atoms with Gasteiger partial charge in [-0.3, -0.25) is 0 Å². The van der Waals surface area contributed by atoms with Crippen LogP contribution < -0.4 is 0 Å². The molecule has 1 heterocycles. The van der Waals surface area contributed by atoms with Gasteiger partial charge in [-0.2, -0.15) is 0 Å². The zero-order valence-electron chi connectivity index (χ0n) is 6.38. The van der Waals surface area contributed by atoms with E-state index in [1.54, 1.807) is 0 Å². The summed E-state index contributed by atoms with van der Waals surface area (Å²) in [6.07, 6.45) is 2.36. The molecule has 0 aromatic carbocycles. The molecule has 1 saturated carbocycles. The van der Waals surface area contributed by atoms with Gasteiger partial charge in [-0.05, 0) is 24.6 Å². The summed E-state index contributed by atoms with van der Waals surface area (Å²) in [4.78, 5) is 0. The molecule has 2 nitrogen and oxygen atoms in total. The Morgan fingerprint density at radius 3 is 2.40 bits per heavy atom. The molecule has 1 saturated heterocycles. The second kappa shape index (κ2) is 2.55. The molecular formula is C7H13BO2. The molecule has 2 rings (SSSR count). The summed E-state index contributed by atoms with van der Waals surface area (Å²) in [6.45, 7) is 4.05. The molecule has 56 valence electrons. The summed E-state index contributed by atoms with van der Waals surface area (Å²) in [7, 11) is 0.142. The van der Waals surface area contributed by atoms with Crippen molar-refractivity contribution in [3.05, 3.63) is 0 Å². The Morgan fingerprint density at radius 1 is 1.30 bits per heavy atom. The molecule has 0 N–H and O–H groups in total. The molecule has 0 radical (unpaired) electrons. The molecule has 0 amide bonds. The van der Waals surface area contributed by atoms with E-state index in [-0.39, 0.29) is 7.12 Å². The Hall–Kier alpha value is -0.0151. The monoisotopic (exact) mass is 140 g/mol. The normalized spacial score (nSPS) is 39.9. The molecule has 0 aromatic rings. The zero-order chi connectivity index (χ0) is 6.97. The Morgan fingerprint density at radius 2 is 1.90 bits per heavy atom. The van der Waals surface area contributed by atoms with Gasteiger partial charge in [-0.1, -0.05) is 6.92 Å². The van der Waals surface area contributed by atoms with Gasteiger partial charge < -0.3 is 9.31 Å². The minimum Gasteiger partial charge on any atom is -0.411 e. The molecule has 1 aliphatic carbocycles. The summed E-state index contributed by atoms with van der Waals surface area (Å²) in [6, 6.07) is 0. The van der Waals surface area contributed by atoms with Crippen molar-refractivity contribution in [2.24, 2.45) is 5.92 Å². The van der Waals surface area contributed by atoms with Gasteiger partial charge in [0.2, 0.25) is 0 Å². The van der Waals surface area contributed by atoms with Crippen LogP contribution in [0.4, 0.5) is 0 Å². The predicted octanol–water partition coefficient (Wildman–Crippen LogP) is 1.32. The number of hydrogen-bond acceptors (Lipinski definition) is 2. The number of hydrogen-bond donors (Lipinski definition) is 0. The van der Waals surface area contributed by atoms with E-state index in [9.17, 15) is 0 Å². The molecule has 10 heavy (non-hydrogen) atoms. The molecule has 3 heteroatoms. The van der Waals surface area contributed by atoms with Crippen LogP contribution in [0.15, 0.2) is 0 Å². The average Bonchev–Trinajstić information content (AvgIpc) is 2.69. The molecule has 0 bridgehead atoms. The van der Waals surface area contributed by atoms with E-state index in [1.165, 1.54) is 6.42 Å². The molecular weight excluding hydrogens is 127 g/mol. The maximum atomic E-state index is 5.45. The van der Waals surface area contributed by atoms with Crippen LogP contribution in [-0.2, 0) is 9.31 Å². The van der Waals surface area contributed by atoms with E-state index in [0.717, 1.165) is 25.6 Å². The summed E-state index contributed by atoms with van der Waals surface area (Å²) in [5.41, 5.74) is 0. The highest BCUT2D eigenvalue weighted by Crippen LogP contribution is 2.47. The number of rotatable bonds is 1. The third-order valence-electron chi connectivity index (χ3n) is 2.37. The van der Waals surface area contributed by atoms with Gasteiger partial charge >= 0.3 is 7.12 Å². The van der Waals surface area contributed by atoms with Crippen LogP contribution in [0.1, 0.15) is 19.8 Å². The quantitative estimate of drug-likeness (QED) is 0.511. The standard InChI is InChI=1S/C7H13BO2/c1-6-5-7(6)8-9-3-2-4-10-8/h6-7H,2-5H2,1H3/t6-,7-/m1/s1. The summed E-state index contributed by atoms with van der Waals surface area (Å²) in [5.74, 6) is 1.54. The summed E-state index contributed by atoms with van der Waals surface area (Å²) in [5, 5.41) is 0. The highest BCUT2D eigenvalue weighted by Gasteiger charge is 2.46. The Kier molecular flexibility index (Phi) is 1.70. The van der Waals surface area contributed by atoms with Gasteiger partial charge in [0, 0.05) is 13.2 Å². The van der Waals surface area contributed by atoms with Gasteiger partial charge in [-0.15, -0.1) is 0 Å². The fraction of sp³-hybridized carbons (Fsp3) is 1.00. The summed E-state index contributed by atoms with van der Waals surface area (Å²) >= 11 is 0. The van der Waals surface area contributed by atoms with E-state index in [0.29, 0.717) is 5.82 Å². The van der Waals surface area contributed by atoms with E-state index in [4.69, 9.17) is 9.31 Å². The Balaban J connectivity index is 1.81. The third-order valence-corrected chi connectivity index (χ3v) is 2.37. The van der Waals surface area contributed by atoms with Crippen LogP contribution in [0.3, 0.4) is 0 Å². The van der Waals surface area contributed by atoms with Crippen LogP contribution in [0.2, 0.25) is 5.82 Å². The second-order valence-corrected chi connectivity index (χ2v) is 3.34. The first-order valence-electron chi connectivity index (χ1n) is 4.11. The predicted molar refractivity (Wildman–Crippen MR) is 39.8 cm³/mol. The van der Waals surface area contributed by atoms with Gasteiger partial charge in [-0.25, -0.2) is 0 Å². The first kappa shape index (κ1) is 6.68. The van der Waals surface area contributed by atoms with Crippen LogP contribution in [0.25, 0.3) is 0 Å². The van der Waals surface area contributed by atoms with Gasteiger partial charge in [0.25, 0.3) is 0 Å². The smallest absolute Gasteiger partial charge is 0.411 e. The van der Waals surface area contributed by atoms with Crippen molar-refractivity contribution in [3.63, 3.8) is 0 Å². The van der Waals surface area contributed by atoms with Crippen LogP contribution in [0.5, 0.6) is 0 Å². The van der Waals surface area contributed by atoms with E-state index < -0.39 is 0 Å². The van der Waals surface area contributed by atoms with Crippen molar-refractivity contribution in [3.8, 4) is 0 Å². The lowest BCUT2D eigenvalue weighted by atomic mass is 9.79. The van der Waals surface area contributed by atoms with Crippen LogP contribution in [0, 0.1) is 5.92 Å². The van der Waals surface area contributed by atoms with Crippen LogP contribution in [-0.4, -0.2) is 20.3 Å². The maximum absolute atomic E-state index is 5.45. The highest BCUT2D eigenvalue weighted by molar-refractivity contribution is 6.47. The largest absolute Gasteiger partial charge is 0.460 e. The molecule has 0 aromatic heterocycles. The van der Waals surface area contributed by atoms with Gasteiger partial charge in [0.05, 0.1) is 0 Å². The van der Waals surface area contributed by atoms with Crippen molar-refractivity contribution in [1.82, 2.24) is 0 Å². The molecule has 2 fully saturated rings. The SMILES string of the molecule is C[C@@H]1C[C@H]1B1OCCCO1. The van der Waals surface area contributed by atoms with Crippen molar-refractivity contribution >= 4 is 7.12 Å². The minimum atomic E-state index is 0.142. The molecule has 1 aliphatic heterocycles. The van der Waals surface area contributed by atoms with Gasteiger partial charge in [0.15, 0.2) is 0 Å². The van der Waals surface area contributed by atoms with Crippen LogP contribution >= 0.6 is 0 Å². The van der Waals surface area contributed by atoms with Crippen molar-refractivity contribution < 1.29 is 9.31 Å². The molecule has 0 spiro atoms. The maximum Gasteiger partial charge on any atom is 0.460 e. The summed E-state index contributed by atoms with van der Waals surface area (Å²) < 4.78 is 10.9. The first-order valence-corrected chi connectivity index (χ1v) is 4.11. The van der Waals surface area contributed by atoms with Crippen molar-refractivity contribution in [2.45, 2.75) is 25.6 Å². The third kappa shape index (κ3) is 1.20. The second-order valence-electron chi connectivity index (χ2n) is 3.34.